The highest BCUT2D eigenvalue weighted by atomic mass is 19.4. The van der Waals surface area contributed by atoms with Gasteiger partial charge in [0.05, 0.1) is 12.3 Å². The summed E-state index contributed by atoms with van der Waals surface area (Å²) in [5.74, 6) is -1.35. The average molecular weight is 512 g/mol. The lowest BCUT2D eigenvalue weighted by Crippen LogP contribution is -2.36. The number of nitrogens with two attached hydrogens (primary N) is 2. The summed E-state index contributed by atoms with van der Waals surface area (Å²) in [6, 6.07) is 4.52. The van der Waals surface area contributed by atoms with E-state index < -0.39 is 30.6 Å². The number of hydrogen-bond acceptors (Lipinski definition) is 9. The number of carbonyl (C=O) groups excluding carboxylic acids is 2. The maximum atomic E-state index is 12.6. The first-order chi connectivity index (χ1) is 17.0. The summed E-state index contributed by atoms with van der Waals surface area (Å²) in [6.45, 7) is 1.42. The van der Waals surface area contributed by atoms with Crippen LogP contribution < -0.4 is 26.4 Å². The molecule has 36 heavy (non-hydrogen) atoms. The zero-order valence-corrected chi connectivity index (χ0v) is 19.8. The van der Waals surface area contributed by atoms with Crippen molar-refractivity contribution in [3.63, 3.8) is 0 Å². The van der Waals surface area contributed by atoms with E-state index >= 15 is 0 Å². The molecule has 1 aliphatic rings. The summed E-state index contributed by atoms with van der Waals surface area (Å²) in [4.78, 5) is 38.5. The van der Waals surface area contributed by atoms with E-state index in [0.29, 0.717) is 37.4 Å². The third-order valence-corrected chi connectivity index (χ3v) is 5.50. The molecule has 0 spiro atoms. The molecule has 196 valence electrons. The lowest BCUT2D eigenvalue weighted by molar-refractivity contribution is -0.123. The Bertz CT molecular complexity index is 1090. The lowest BCUT2D eigenvalue weighted by atomic mass is 9.92. The van der Waals surface area contributed by atoms with Crippen molar-refractivity contribution >= 4 is 23.3 Å². The number of nitrogen functional groups attached to an aromatic ring is 1. The minimum atomic E-state index is -4.57. The van der Waals surface area contributed by atoms with E-state index in [9.17, 15) is 22.8 Å². The molecule has 0 aromatic carbocycles. The fourth-order valence-corrected chi connectivity index (χ4v) is 3.78. The number of anilines is 2. The van der Waals surface area contributed by atoms with Gasteiger partial charge in [0, 0.05) is 37.9 Å². The first-order valence-corrected chi connectivity index (χ1v) is 11.2. The molecule has 1 aliphatic heterocycles. The maximum absolute atomic E-state index is 12.6. The van der Waals surface area contributed by atoms with Crippen molar-refractivity contribution in [1.29, 1.82) is 0 Å². The monoisotopic (exact) mass is 511 g/mol. The molecule has 5 N–H and O–H groups in total. The number of nitrogens with one attached hydrogen (secondary N) is 1. The van der Waals surface area contributed by atoms with E-state index in [2.05, 4.69) is 15.0 Å². The van der Waals surface area contributed by atoms with Crippen LogP contribution in [0.25, 0.3) is 0 Å². The number of rotatable bonds is 9. The molecule has 2 amide bonds. The van der Waals surface area contributed by atoms with Gasteiger partial charge in [-0.2, -0.15) is 23.1 Å². The molecule has 3 heterocycles. The SMILES string of the molecule is COC[C@@H](C)Oc1nc(C(=O)NCC(F)(F)F)cc(N2CCC(c3ccc(N)c(C(N)=O)n3)CC2)n1. The standard InChI is InChI=1S/C22H28F3N7O4/c1-12(10-35-2)36-21-30-16(20(34)28-11-22(23,24)25)9-17(31-21)32-7-5-13(6-8-32)15-4-3-14(26)18(29-15)19(27)33/h3-4,9,12-13H,5-8,10-11,26H2,1-2H3,(H2,27,33)(H,28,34)/t12-/m1/s1. The molecule has 0 bridgehead atoms. The van der Waals surface area contributed by atoms with E-state index in [-0.39, 0.29) is 35.6 Å². The number of piperidine rings is 1. The number of amides is 2. The van der Waals surface area contributed by atoms with Gasteiger partial charge in [-0.15, -0.1) is 0 Å². The largest absolute Gasteiger partial charge is 0.458 e. The molecule has 14 heteroatoms. The second kappa shape index (κ2) is 11.4. The van der Waals surface area contributed by atoms with Gasteiger partial charge in [0.25, 0.3) is 11.8 Å². The predicted molar refractivity (Wildman–Crippen MR) is 124 cm³/mol. The second-order valence-corrected chi connectivity index (χ2v) is 8.38. The average Bonchev–Trinajstić information content (AvgIpc) is 2.82. The van der Waals surface area contributed by atoms with Crippen LogP contribution in [0.15, 0.2) is 18.2 Å². The number of methoxy groups -OCH3 is 1. The summed E-state index contributed by atoms with van der Waals surface area (Å²) < 4.78 is 48.4. The topological polar surface area (TPSA) is 159 Å². The fourth-order valence-electron chi connectivity index (χ4n) is 3.78. The molecule has 1 saturated heterocycles. The van der Waals surface area contributed by atoms with Gasteiger partial charge in [-0.3, -0.25) is 9.59 Å². The van der Waals surface area contributed by atoms with E-state index in [4.69, 9.17) is 20.9 Å². The highest BCUT2D eigenvalue weighted by Crippen LogP contribution is 2.30. The van der Waals surface area contributed by atoms with Crippen LogP contribution in [-0.2, 0) is 4.74 Å². The van der Waals surface area contributed by atoms with Crippen LogP contribution in [0.2, 0.25) is 0 Å². The molecule has 0 unspecified atom stereocenters. The van der Waals surface area contributed by atoms with Crippen molar-refractivity contribution in [2.75, 3.05) is 44.0 Å². The lowest BCUT2D eigenvalue weighted by Gasteiger charge is -2.33. The summed E-state index contributed by atoms with van der Waals surface area (Å²) in [6.07, 6.45) is -3.77. The number of aromatic nitrogens is 3. The van der Waals surface area contributed by atoms with Gasteiger partial charge >= 0.3 is 12.2 Å². The van der Waals surface area contributed by atoms with Crippen molar-refractivity contribution in [2.24, 2.45) is 5.73 Å². The van der Waals surface area contributed by atoms with Gasteiger partial charge in [-0.05, 0) is 31.9 Å². The van der Waals surface area contributed by atoms with Crippen LogP contribution in [0.5, 0.6) is 6.01 Å². The number of carbonyl (C=O) groups is 2. The molecule has 0 radical (unpaired) electrons. The summed E-state index contributed by atoms with van der Waals surface area (Å²) in [7, 11) is 1.49. The molecule has 11 nitrogen and oxygen atoms in total. The first kappa shape index (κ1) is 26.9. The third kappa shape index (κ3) is 7.16. The third-order valence-electron chi connectivity index (χ3n) is 5.50. The van der Waals surface area contributed by atoms with Crippen LogP contribution in [0.4, 0.5) is 24.7 Å². The number of primary amides is 1. The van der Waals surface area contributed by atoms with Crippen LogP contribution >= 0.6 is 0 Å². The van der Waals surface area contributed by atoms with Gasteiger partial charge in [0.2, 0.25) is 0 Å². The van der Waals surface area contributed by atoms with Crippen molar-refractivity contribution in [2.45, 2.75) is 38.0 Å². The number of hydrogen-bond donors (Lipinski definition) is 3. The van der Waals surface area contributed by atoms with Crippen molar-refractivity contribution in [1.82, 2.24) is 20.3 Å². The molecular formula is C22H28F3N7O4. The quantitative estimate of drug-likeness (QED) is 0.455. The smallest absolute Gasteiger partial charge is 0.405 e. The Kier molecular flexibility index (Phi) is 8.50. The summed E-state index contributed by atoms with van der Waals surface area (Å²) in [5.41, 5.74) is 11.8. The Morgan fingerprint density at radius 3 is 2.53 bits per heavy atom. The highest BCUT2D eigenvalue weighted by Gasteiger charge is 2.29. The molecular weight excluding hydrogens is 483 g/mol. The van der Waals surface area contributed by atoms with Gasteiger partial charge in [0.1, 0.15) is 24.2 Å². The number of nitrogens with zero attached hydrogens (tertiary/aromatic N) is 4. The van der Waals surface area contributed by atoms with Crippen LogP contribution in [0.3, 0.4) is 0 Å². The Labute approximate surface area is 205 Å². The van der Waals surface area contributed by atoms with Crippen molar-refractivity contribution in [3.8, 4) is 6.01 Å². The molecule has 1 fully saturated rings. The molecule has 2 aromatic rings. The first-order valence-electron chi connectivity index (χ1n) is 11.2. The van der Waals surface area contributed by atoms with Gasteiger partial charge in [-0.1, -0.05) is 0 Å². The van der Waals surface area contributed by atoms with Gasteiger partial charge in [0.15, 0.2) is 5.69 Å². The summed E-state index contributed by atoms with van der Waals surface area (Å²) in [5, 5.41) is 1.81. The Morgan fingerprint density at radius 2 is 1.92 bits per heavy atom. The second-order valence-electron chi connectivity index (χ2n) is 8.38. The fraction of sp³-hybridized carbons (Fsp3) is 0.500. The minimum absolute atomic E-state index is 0.0206. The Hall–Kier alpha value is -3.68. The predicted octanol–water partition coefficient (Wildman–Crippen LogP) is 1.64. The van der Waals surface area contributed by atoms with Crippen LogP contribution in [0, 0.1) is 0 Å². The molecule has 1 atom stereocenters. The number of ether oxygens (including phenoxy) is 2. The molecule has 2 aromatic heterocycles. The van der Waals surface area contributed by atoms with Crippen molar-refractivity contribution in [3.05, 3.63) is 35.3 Å². The van der Waals surface area contributed by atoms with E-state index in [1.165, 1.54) is 13.2 Å². The zero-order chi connectivity index (χ0) is 26.5. The summed E-state index contributed by atoms with van der Waals surface area (Å²) >= 11 is 0. The maximum Gasteiger partial charge on any atom is 0.405 e. The van der Waals surface area contributed by atoms with Gasteiger partial charge < -0.3 is 31.2 Å². The Balaban J connectivity index is 1.78. The van der Waals surface area contributed by atoms with Crippen molar-refractivity contribution < 1.29 is 32.2 Å². The number of halogens is 3. The highest BCUT2D eigenvalue weighted by molar-refractivity contribution is 5.95. The molecule has 0 aliphatic carbocycles. The zero-order valence-electron chi connectivity index (χ0n) is 19.8. The van der Waals surface area contributed by atoms with Gasteiger partial charge in [-0.25, -0.2) is 4.98 Å². The number of pyridine rings is 1. The van der Waals surface area contributed by atoms with E-state index in [0.717, 1.165) is 0 Å². The molecule has 0 saturated carbocycles. The van der Waals surface area contributed by atoms with Crippen LogP contribution in [-0.4, -0.2) is 72.4 Å². The normalized spacial score (nSPS) is 15.4. The Morgan fingerprint density at radius 1 is 1.22 bits per heavy atom. The van der Waals surface area contributed by atoms with E-state index in [1.807, 2.05) is 10.2 Å². The minimum Gasteiger partial charge on any atom is -0.458 e. The molecule has 3 rings (SSSR count). The number of alkyl halides is 3. The van der Waals surface area contributed by atoms with E-state index in [1.54, 1.807) is 19.1 Å². The van der Waals surface area contributed by atoms with Crippen LogP contribution in [0.1, 0.15) is 52.4 Å².